The molecule has 4 heteroatoms. The van der Waals surface area contributed by atoms with Gasteiger partial charge in [0.25, 0.3) is 0 Å². The summed E-state index contributed by atoms with van der Waals surface area (Å²) < 4.78 is 5.57. The molecule has 2 aliphatic rings. The van der Waals surface area contributed by atoms with Crippen LogP contribution in [0, 0.1) is 5.92 Å². The van der Waals surface area contributed by atoms with Crippen LogP contribution >= 0.6 is 0 Å². The van der Waals surface area contributed by atoms with Crippen molar-refractivity contribution in [2.45, 2.75) is 37.8 Å². The van der Waals surface area contributed by atoms with Crippen LogP contribution in [0.4, 0.5) is 0 Å². The molecule has 18 heavy (non-hydrogen) atoms. The van der Waals surface area contributed by atoms with Crippen LogP contribution in [-0.2, 0) is 4.74 Å². The molecule has 0 aromatic rings. The number of nitrogens with zero attached hydrogens (tertiary/aromatic N) is 2. The second kappa shape index (κ2) is 5.87. The molecule has 2 unspecified atom stereocenters. The van der Waals surface area contributed by atoms with Gasteiger partial charge in [-0.1, -0.05) is 0 Å². The standard InChI is InChI=1S/C14H29N3O/c1-14(11-15,12-6-9-18-10-12)17(3)13-4-7-16(2)8-5-13/h12-13H,4-11,15H2,1-3H3. The second-order valence-corrected chi connectivity index (χ2v) is 6.27. The summed E-state index contributed by atoms with van der Waals surface area (Å²) in [6, 6.07) is 0.676. The minimum Gasteiger partial charge on any atom is -0.381 e. The van der Waals surface area contributed by atoms with E-state index < -0.39 is 0 Å². The van der Waals surface area contributed by atoms with Crippen molar-refractivity contribution >= 4 is 0 Å². The highest BCUT2D eigenvalue weighted by Crippen LogP contribution is 2.33. The Bertz CT molecular complexity index is 260. The number of ether oxygens (including phenoxy) is 1. The predicted octanol–water partition coefficient (Wildman–Crippen LogP) is 0.766. The number of likely N-dealkylation sites (tertiary alicyclic amines) is 1. The molecule has 2 heterocycles. The Morgan fingerprint density at radius 2 is 2.00 bits per heavy atom. The minimum atomic E-state index is 0.0943. The molecule has 0 aromatic carbocycles. The summed E-state index contributed by atoms with van der Waals surface area (Å²) in [7, 11) is 4.48. The van der Waals surface area contributed by atoms with E-state index in [2.05, 4.69) is 30.8 Å². The fraction of sp³-hybridized carbons (Fsp3) is 1.00. The first kappa shape index (κ1) is 14.3. The van der Waals surface area contributed by atoms with Gasteiger partial charge in [0.2, 0.25) is 0 Å². The molecule has 0 aromatic heterocycles. The van der Waals surface area contributed by atoms with E-state index in [1.54, 1.807) is 0 Å². The Balaban J connectivity index is 2.01. The van der Waals surface area contributed by atoms with Gasteiger partial charge in [-0.25, -0.2) is 0 Å². The van der Waals surface area contributed by atoms with Crippen LogP contribution in [0.1, 0.15) is 26.2 Å². The topological polar surface area (TPSA) is 41.7 Å². The van der Waals surface area contributed by atoms with Gasteiger partial charge in [0, 0.05) is 30.7 Å². The van der Waals surface area contributed by atoms with Crippen LogP contribution in [0.3, 0.4) is 0 Å². The molecule has 4 nitrogen and oxygen atoms in total. The molecular weight excluding hydrogens is 226 g/mol. The minimum absolute atomic E-state index is 0.0943. The van der Waals surface area contributed by atoms with Crippen molar-refractivity contribution in [1.82, 2.24) is 9.80 Å². The maximum Gasteiger partial charge on any atom is 0.0513 e. The molecule has 0 bridgehead atoms. The normalized spacial score (nSPS) is 30.8. The van der Waals surface area contributed by atoms with E-state index in [9.17, 15) is 0 Å². The highest BCUT2D eigenvalue weighted by molar-refractivity contribution is 4.97. The van der Waals surface area contributed by atoms with Crippen molar-refractivity contribution in [3.8, 4) is 0 Å². The fourth-order valence-electron chi connectivity index (χ4n) is 3.42. The summed E-state index contributed by atoms with van der Waals surface area (Å²) in [6.07, 6.45) is 3.68. The Morgan fingerprint density at radius 1 is 1.33 bits per heavy atom. The Hall–Kier alpha value is -0.160. The van der Waals surface area contributed by atoms with Crippen LogP contribution in [0.5, 0.6) is 0 Å². The van der Waals surface area contributed by atoms with Gasteiger partial charge in [-0.05, 0) is 53.4 Å². The molecule has 0 aliphatic carbocycles. The van der Waals surface area contributed by atoms with E-state index in [0.717, 1.165) is 26.2 Å². The van der Waals surface area contributed by atoms with Crippen LogP contribution in [0.15, 0.2) is 0 Å². The van der Waals surface area contributed by atoms with Gasteiger partial charge in [0.15, 0.2) is 0 Å². The lowest BCUT2D eigenvalue weighted by atomic mass is 9.81. The summed E-state index contributed by atoms with van der Waals surface area (Å²) >= 11 is 0. The average molecular weight is 255 g/mol. The summed E-state index contributed by atoms with van der Waals surface area (Å²) in [5.41, 5.74) is 6.21. The number of piperidine rings is 1. The van der Waals surface area contributed by atoms with Gasteiger partial charge < -0.3 is 15.4 Å². The number of rotatable bonds is 4. The van der Waals surface area contributed by atoms with Crippen molar-refractivity contribution in [2.75, 3.05) is 46.9 Å². The maximum atomic E-state index is 6.11. The number of likely N-dealkylation sites (N-methyl/N-ethyl adjacent to an activating group) is 1. The van der Waals surface area contributed by atoms with E-state index in [-0.39, 0.29) is 5.54 Å². The molecule has 2 aliphatic heterocycles. The number of nitrogens with two attached hydrogens (primary N) is 1. The number of hydrogen-bond donors (Lipinski definition) is 1. The molecular formula is C14H29N3O. The molecule has 0 saturated carbocycles. The first-order chi connectivity index (χ1) is 8.58. The molecule has 2 fully saturated rings. The third-order valence-electron chi connectivity index (χ3n) is 5.26. The zero-order valence-electron chi connectivity index (χ0n) is 12.2. The van der Waals surface area contributed by atoms with E-state index in [1.807, 2.05) is 0 Å². The summed E-state index contributed by atoms with van der Waals surface area (Å²) in [4.78, 5) is 4.97. The summed E-state index contributed by atoms with van der Waals surface area (Å²) in [5, 5.41) is 0. The van der Waals surface area contributed by atoms with Crippen molar-refractivity contribution in [3.63, 3.8) is 0 Å². The largest absolute Gasteiger partial charge is 0.381 e. The van der Waals surface area contributed by atoms with E-state index in [1.165, 1.54) is 25.9 Å². The first-order valence-corrected chi connectivity index (χ1v) is 7.27. The molecule has 0 amide bonds. The second-order valence-electron chi connectivity index (χ2n) is 6.27. The average Bonchev–Trinajstić information content (AvgIpc) is 2.92. The van der Waals surface area contributed by atoms with Gasteiger partial charge in [0.1, 0.15) is 0 Å². The van der Waals surface area contributed by atoms with Crippen molar-refractivity contribution in [2.24, 2.45) is 11.7 Å². The zero-order chi connectivity index (χ0) is 13.2. The molecule has 2 atom stereocenters. The lowest BCUT2D eigenvalue weighted by Gasteiger charge is -2.48. The van der Waals surface area contributed by atoms with E-state index in [0.29, 0.717) is 12.0 Å². The van der Waals surface area contributed by atoms with Gasteiger partial charge in [-0.15, -0.1) is 0 Å². The third kappa shape index (κ3) is 2.72. The highest BCUT2D eigenvalue weighted by Gasteiger charge is 2.41. The molecule has 2 rings (SSSR count). The lowest BCUT2D eigenvalue weighted by Crippen LogP contribution is -2.60. The smallest absolute Gasteiger partial charge is 0.0513 e. The Labute approximate surface area is 111 Å². The maximum absolute atomic E-state index is 6.11. The quantitative estimate of drug-likeness (QED) is 0.805. The van der Waals surface area contributed by atoms with Crippen LogP contribution in [0.25, 0.3) is 0 Å². The molecule has 0 spiro atoms. The van der Waals surface area contributed by atoms with Gasteiger partial charge in [-0.3, -0.25) is 4.90 Å². The molecule has 2 N–H and O–H groups in total. The SMILES string of the molecule is CN1CCC(N(C)C(C)(CN)C2CCOC2)CC1. The molecule has 0 radical (unpaired) electrons. The van der Waals surface area contributed by atoms with Crippen molar-refractivity contribution < 1.29 is 4.74 Å². The van der Waals surface area contributed by atoms with Crippen molar-refractivity contribution in [3.05, 3.63) is 0 Å². The fourth-order valence-corrected chi connectivity index (χ4v) is 3.42. The zero-order valence-corrected chi connectivity index (χ0v) is 12.2. The highest BCUT2D eigenvalue weighted by atomic mass is 16.5. The van der Waals surface area contributed by atoms with Crippen LogP contribution in [0.2, 0.25) is 0 Å². The van der Waals surface area contributed by atoms with Gasteiger partial charge in [0.05, 0.1) is 6.61 Å². The Kier molecular flexibility index (Phi) is 4.64. The van der Waals surface area contributed by atoms with Crippen LogP contribution in [-0.4, -0.2) is 68.3 Å². The van der Waals surface area contributed by atoms with Crippen molar-refractivity contribution in [1.29, 1.82) is 0 Å². The lowest BCUT2D eigenvalue weighted by molar-refractivity contribution is 0.0116. The Morgan fingerprint density at radius 3 is 2.50 bits per heavy atom. The summed E-state index contributed by atoms with van der Waals surface area (Å²) in [6.45, 7) is 7.24. The molecule has 106 valence electrons. The van der Waals surface area contributed by atoms with E-state index >= 15 is 0 Å². The predicted molar refractivity (Wildman–Crippen MR) is 74.7 cm³/mol. The summed E-state index contributed by atoms with van der Waals surface area (Å²) in [5.74, 6) is 0.590. The van der Waals surface area contributed by atoms with Gasteiger partial charge in [-0.2, -0.15) is 0 Å². The van der Waals surface area contributed by atoms with Gasteiger partial charge >= 0.3 is 0 Å². The molecule has 2 saturated heterocycles. The monoisotopic (exact) mass is 255 g/mol. The first-order valence-electron chi connectivity index (χ1n) is 7.27. The van der Waals surface area contributed by atoms with E-state index in [4.69, 9.17) is 10.5 Å². The third-order valence-corrected chi connectivity index (χ3v) is 5.26. The number of hydrogen-bond acceptors (Lipinski definition) is 4. The van der Waals surface area contributed by atoms with Crippen LogP contribution < -0.4 is 5.73 Å².